The smallest absolute Gasteiger partial charge is 0.255 e. The van der Waals surface area contributed by atoms with E-state index in [1.54, 1.807) is 42.5 Å². The highest BCUT2D eigenvalue weighted by atomic mass is 16.1. The van der Waals surface area contributed by atoms with E-state index >= 15 is 0 Å². The van der Waals surface area contributed by atoms with Gasteiger partial charge in [-0.3, -0.25) is 9.59 Å². The third kappa shape index (κ3) is 3.23. The molecule has 0 aromatic heterocycles. The zero-order valence-electron chi connectivity index (χ0n) is 11.4. The first kappa shape index (κ1) is 13.8. The molecular formula is C16H16N2O2. The van der Waals surface area contributed by atoms with E-state index in [1.807, 2.05) is 6.92 Å². The molecule has 0 atom stereocenters. The van der Waals surface area contributed by atoms with Crippen molar-refractivity contribution in [2.24, 2.45) is 0 Å². The monoisotopic (exact) mass is 268 g/mol. The molecule has 2 aromatic rings. The molecule has 2 rings (SSSR count). The van der Waals surface area contributed by atoms with Crippen molar-refractivity contribution in [2.45, 2.75) is 13.8 Å². The Morgan fingerprint density at radius 1 is 1.05 bits per heavy atom. The summed E-state index contributed by atoms with van der Waals surface area (Å²) in [5.41, 5.74) is 8.85. The van der Waals surface area contributed by atoms with Gasteiger partial charge in [-0.2, -0.15) is 0 Å². The summed E-state index contributed by atoms with van der Waals surface area (Å²) in [6, 6.07) is 12.0. The molecule has 3 N–H and O–H groups in total. The molecule has 20 heavy (non-hydrogen) atoms. The number of carbonyl (C=O) groups excluding carboxylic acids is 2. The highest BCUT2D eigenvalue weighted by molar-refractivity contribution is 6.05. The fourth-order valence-corrected chi connectivity index (χ4v) is 1.96. The van der Waals surface area contributed by atoms with Crippen LogP contribution in [0.2, 0.25) is 0 Å². The number of nitrogens with one attached hydrogen (secondary N) is 1. The van der Waals surface area contributed by atoms with Gasteiger partial charge < -0.3 is 11.1 Å². The molecule has 4 heteroatoms. The second-order valence-corrected chi connectivity index (χ2v) is 4.72. The molecule has 0 saturated heterocycles. The minimum Gasteiger partial charge on any atom is -0.399 e. The number of nitrogens with two attached hydrogens (primary N) is 1. The zero-order chi connectivity index (χ0) is 14.7. The lowest BCUT2D eigenvalue weighted by atomic mass is 10.1. The van der Waals surface area contributed by atoms with Gasteiger partial charge in [0.05, 0.1) is 0 Å². The molecule has 0 saturated carbocycles. The Balaban J connectivity index is 2.23. The maximum absolute atomic E-state index is 12.1. The second kappa shape index (κ2) is 5.57. The Bertz CT molecular complexity index is 658. The fourth-order valence-electron chi connectivity index (χ4n) is 1.96. The van der Waals surface area contributed by atoms with E-state index in [0.717, 1.165) is 5.56 Å². The van der Waals surface area contributed by atoms with Gasteiger partial charge in [0.1, 0.15) is 0 Å². The second-order valence-electron chi connectivity index (χ2n) is 4.72. The average Bonchev–Trinajstić information content (AvgIpc) is 2.37. The molecule has 0 spiro atoms. The fraction of sp³-hybridized carbons (Fsp3) is 0.125. The minimum absolute atomic E-state index is 0.0408. The zero-order valence-corrected chi connectivity index (χ0v) is 11.4. The summed E-state index contributed by atoms with van der Waals surface area (Å²) in [5, 5.41) is 2.76. The van der Waals surface area contributed by atoms with E-state index in [1.165, 1.54) is 6.92 Å². The first-order chi connectivity index (χ1) is 9.45. The topological polar surface area (TPSA) is 72.2 Å². The van der Waals surface area contributed by atoms with E-state index in [-0.39, 0.29) is 11.7 Å². The lowest BCUT2D eigenvalue weighted by molar-refractivity contribution is 0.101. The van der Waals surface area contributed by atoms with Gasteiger partial charge in [-0.15, -0.1) is 0 Å². The van der Waals surface area contributed by atoms with E-state index in [2.05, 4.69) is 5.32 Å². The molecule has 4 nitrogen and oxygen atoms in total. The normalized spacial score (nSPS) is 10.1. The number of anilines is 2. The van der Waals surface area contributed by atoms with Crippen molar-refractivity contribution in [3.63, 3.8) is 0 Å². The molecule has 2 aromatic carbocycles. The molecule has 0 aliphatic rings. The van der Waals surface area contributed by atoms with Gasteiger partial charge in [-0.25, -0.2) is 0 Å². The van der Waals surface area contributed by atoms with Crippen LogP contribution in [0.5, 0.6) is 0 Å². The van der Waals surface area contributed by atoms with E-state index < -0.39 is 0 Å². The van der Waals surface area contributed by atoms with Crippen LogP contribution >= 0.6 is 0 Å². The summed E-state index contributed by atoms with van der Waals surface area (Å²) in [5.74, 6) is -0.290. The largest absolute Gasteiger partial charge is 0.399 e. The number of Topliss-reactive ketones (excluding diaryl/α,β-unsaturated/α-hetero) is 1. The molecule has 0 aliphatic heterocycles. The van der Waals surface area contributed by atoms with Crippen LogP contribution in [-0.4, -0.2) is 11.7 Å². The van der Waals surface area contributed by atoms with Crippen LogP contribution in [0.25, 0.3) is 0 Å². The van der Waals surface area contributed by atoms with Gasteiger partial charge >= 0.3 is 0 Å². The van der Waals surface area contributed by atoms with Gasteiger partial charge in [0.15, 0.2) is 5.78 Å². The number of hydrogen-bond donors (Lipinski definition) is 2. The third-order valence-corrected chi connectivity index (χ3v) is 2.89. The first-order valence-electron chi connectivity index (χ1n) is 6.25. The van der Waals surface area contributed by atoms with Gasteiger partial charge in [-0.05, 0) is 49.7 Å². The molecule has 0 radical (unpaired) electrons. The molecule has 0 fully saturated rings. The maximum Gasteiger partial charge on any atom is 0.255 e. The number of aryl methyl sites for hydroxylation is 1. The van der Waals surface area contributed by atoms with Crippen LogP contribution < -0.4 is 11.1 Å². The van der Waals surface area contributed by atoms with Crippen molar-refractivity contribution in [1.82, 2.24) is 0 Å². The predicted octanol–water partition coefficient (Wildman–Crippen LogP) is 3.03. The summed E-state index contributed by atoms with van der Waals surface area (Å²) < 4.78 is 0. The van der Waals surface area contributed by atoms with E-state index in [4.69, 9.17) is 5.73 Å². The van der Waals surface area contributed by atoms with Crippen LogP contribution in [-0.2, 0) is 0 Å². The quantitative estimate of drug-likeness (QED) is 0.664. The van der Waals surface area contributed by atoms with Crippen LogP contribution in [0, 0.1) is 6.92 Å². The summed E-state index contributed by atoms with van der Waals surface area (Å²) in [6.07, 6.45) is 0. The molecule has 0 unspecified atom stereocenters. The van der Waals surface area contributed by atoms with Crippen LogP contribution in [0.3, 0.4) is 0 Å². The van der Waals surface area contributed by atoms with Crippen LogP contribution in [0.15, 0.2) is 42.5 Å². The molecule has 0 heterocycles. The van der Waals surface area contributed by atoms with E-state index in [9.17, 15) is 9.59 Å². The Kier molecular flexibility index (Phi) is 3.84. The summed E-state index contributed by atoms with van der Waals surface area (Å²) in [4.78, 5) is 23.5. The van der Waals surface area contributed by atoms with Gasteiger partial charge in [0, 0.05) is 22.5 Å². The van der Waals surface area contributed by atoms with Crippen molar-refractivity contribution < 1.29 is 9.59 Å². The van der Waals surface area contributed by atoms with E-state index in [0.29, 0.717) is 22.5 Å². The van der Waals surface area contributed by atoms with Gasteiger partial charge in [0.25, 0.3) is 5.91 Å². The van der Waals surface area contributed by atoms with Crippen molar-refractivity contribution in [1.29, 1.82) is 0 Å². The average molecular weight is 268 g/mol. The number of rotatable bonds is 3. The number of ketones is 1. The highest BCUT2D eigenvalue weighted by Crippen LogP contribution is 2.15. The number of nitrogen functional groups attached to an aromatic ring is 1. The predicted molar refractivity (Wildman–Crippen MR) is 80.0 cm³/mol. The van der Waals surface area contributed by atoms with Gasteiger partial charge in [-0.1, -0.05) is 12.1 Å². The summed E-state index contributed by atoms with van der Waals surface area (Å²) in [7, 11) is 0. The Morgan fingerprint density at radius 2 is 1.80 bits per heavy atom. The van der Waals surface area contributed by atoms with Crippen LogP contribution in [0.1, 0.15) is 33.2 Å². The highest BCUT2D eigenvalue weighted by Gasteiger charge is 2.08. The first-order valence-corrected chi connectivity index (χ1v) is 6.25. The Hall–Kier alpha value is -2.62. The Morgan fingerprint density at radius 3 is 2.45 bits per heavy atom. The Labute approximate surface area is 117 Å². The molecule has 102 valence electrons. The summed E-state index contributed by atoms with van der Waals surface area (Å²) >= 11 is 0. The van der Waals surface area contributed by atoms with Crippen LogP contribution in [0.4, 0.5) is 11.4 Å². The number of hydrogen-bond acceptors (Lipinski definition) is 3. The molecule has 0 aliphatic carbocycles. The number of benzene rings is 2. The maximum atomic E-state index is 12.1. The lowest BCUT2D eigenvalue weighted by Gasteiger charge is -2.08. The van der Waals surface area contributed by atoms with Crippen molar-refractivity contribution in [3.05, 3.63) is 59.2 Å². The molecular weight excluding hydrogens is 252 g/mol. The molecule has 1 amide bonds. The van der Waals surface area contributed by atoms with Crippen molar-refractivity contribution >= 4 is 23.1 Å². The number of amides is 1. The lowest BCUT2D eigenvalue weighted by Crippen LogP contribution is -2.12. The number of carbonyl (C=O) groups is 2. The SMILES string of the molecule is CC(=O)c1cccc(NC(=O)c2cc(C)cc(N)c2)c1. The van der Waals surface area contributed by atoms with Crippen molar-refractivity contribution in [2.75, 3.05) is 11.1 Å². The standard InChI is InChI=1S/C16H16N2O2/c1-10-6-13(8-14(17)7-10)16(20)18-15-5-3-4-12(9-15)11(2)19/h3-9H,17H2,1-2H3,(H,18,20). The van der Waals surface area contributed by atoms with Crippen molar-refractivity contribution in [3.8, 4) is 0 Å². The molecule has 0 bridgehead atoms. The minimum atomic E-state index is -0.249. The third-order valence-electron chi connectivity index (χ3n) is 2.89. The summed E-state index contributed by atoms with van der Waals surface area (Å²) in [6.45, 7) is 3.37. The van der Waals surface area contributed by atoms with Gasteiger partial charge in [0.2, 0.25) is 0 Å².